The van der Waals surface area contributed by atoms with E-state index in [1.165, 1.54) is 0 Å². The Bertz CT molecular complexity index is 762. The van der Waals surface area contributed by atoms with Crippen LogP contribution in [0.3, 0.4) is 0 Å². The fourth-order valence-electron chi connectivity index (χ4n) is 4.44. The number of rotatable bonds is 5. The molecular formula is C22H26O4. The molecule has 2 aromatic rings. The molecule has 1 fully saturated rings. The van der Waals surface area contributed by atoms with E-state index in [9.17, 15) is 9.90 Å². The minimum Gasteiger partial charge on any atom is -0.497 e. The summed E-state index contributed by atoms with van der Waals surface area (Å²) in [4.78, 5) is 12.4. The maximum absolute atomic E-state index is 12.4. The van der Waals surface area contributed by atoms with E-state index < -0.39 is 11.5 Å². The summed E-state index contributed by atoms with van der Waals surface area (Å²) in [5.41, 5.74) is 1.11. The van der Waals surface area contributed by atoms with Crippen molar-refractivity contribution in [2.24, 2.45) is 5.92 Å². The number of Topliss-reactive ketones (excluding diaryl/α,β-unsaturated/α-hetero) is 1. The molecule has 0 aliphatic heterocycles. The lowest BCUT2D eigenvalue weighted by Crippen LogP contribution is -2.36. The Balaban J connectivity index is 2.06. The highest BCUT2D eigenvalue weighted by molar-refractivity contribution is 5.81. The molecule has 4 atom stereocenters. The third-order valence-corrected chi connectivity index (χ3v) is 5.58. The first-order valence-electron chi connectivity index (χ1n) is 8.88. The van der Waals surface area contributed by atoms with E-state index in [0.717, 1.165) is 22.6 Å². The zero-order valence-corrected chi connectivity index (χ0v) is 15.7. The molecule has 26 heavy (non-hydrogen) atoms. The summed E-state index contributed by atoms with van der Waals surface area (Å²) in [7, 11) is 3.27. The molecule has 0 radical (unpaired) electrons. The van der Waals surface area contributed by atoms with Crippen molar-refractivity contribution in [1.29, 1.82) is 0 Å². The molecular weight excluding hydrogens is 328 g/mol. The lowest BCUT2D eigenvalue weighted by atomic mass is 9.77. The van der Waals surface area contributed by atoms with Gasteiger partial charge in [-0.05, 0) is 61.6 Å². The van der Waals surface area contributed by atoms with Gasteiger partial charge >= 0.3 is 0 Å². The second-order valence-electron chi connectivity index (χ2n) is 7.33. The van der Waals surface area contributed by atoms with Crippen LogP contribution in [0.5, 0.6) is 11.5 Å². The summed E-state index contributed by atoms with van der Waals surface area (Å²) in [6, 6.07) is 15.7. The Morgan fingerprint density at radius 3 is 1.85 bits per heavy atom. The van der Waals surface area contributed by atoms with Crippen molar-refractivity contribution in [2.45, 2.75) is 37.7 Å². The highest BCUT2D eigenvalue weighted by Crippen LogP contribution is 2.54. The van der Waals surface area contributed by atoms with E-state index in [-0.39, 0.29) is 17.6 Å². The summed E-state index contributed by atoms with van der Waals surface area (Å²) >= 11 is 0. The number of hydrogen-bond acceptors (Lipinski definition) is 4. The van der Waals surface area contributed by atoms with Gasteiger partial charge < -0.3 is 14.6 Å². The maximum atomic E-state index is 12.4. The van der Waals surface area contributed by atoms with Gasteiger partial charge in [0.15, 0.2) is 0 Å². The van der Waals surface area contributed by atoms with Crippen LogP contribution in [0.25, 0.3) is 0 Å². The molecule has 0 saturated heterocycles. The normalized spacial score (nSPS) is 28.0. The van der Waals surface area contributed by atoms with Crippen molar-refractivity contribution in [1.82, 2.24) is 0 Å². The fourth-order valence-corrected chi connectivity index (χ4v) is 4.44. The van der Waals surface area contributed by atoms with Gasteiger partial charge in [-0.15, -0.1) is 0 Å². The third-order valence-electron chi connectivity index (χ3n) is 5.58. The number of methoxy groups -OCH3 is 2. The molecule has 4 heteroatoms. The number of aliphatic hydroxyl groups is 1. The number of benzene rings is 2. The Morgan fingerprint density at radius 2 is 1.42 bits per heavy atom. The molecule has 2 aromatic carbocycles. The van der Waals surface area contributed by atoms with Crippen molar-refractivity contribution in [2.75, 3.05) is 14.2 Å². The van der Waals surface area contributed by atoms with Crippen LogP contribution in [0.4, 0.5) is 0 Å². The van der Waals surface area contributed by atoms with Gasteiger partial charge in [0.05, 0.1) is 25.7 Å². The van der Waals surface area contributed by atoms with Crippen LogP contribution in [0.15, 0.2) is 48.5 Å². The van der Waals surface area contributed by atoms with Gasteiger partial charge in [0.1, 0.15) is 17.3 Å². The lowest BCUT2D eigenvalue weighted by molar-refractivity contribution is -0.127. The number of carbonyl (C=O) groups is 1. The Hall–Kier alpha value is -2.33. The average molecular weight is 354 g/mol. The molecule has 1 saturated carbocycles. The van der Waals surface area contributed by atoms with E-state index in [4.69, 9.17) is 9.47 Å². The van der Waals surface area contributed by atoms with Gasteiger partial charge in [-0.1, -0.05) is 24.3 Å². The first-order chi connectivity index (χ1) is 12.4. The van der Waals surface area contributed by atoms with Crippen LogP contribution in [0, 0.1) is 5.92 Å². The first-order valence-corrected chi connectivity index (χ1v) is 8.88. The second kappa shape index (κ2) is 7.12. The quantitative estimate of drug-likeness (QED) is 0.884. The zero-order valence-electron chi connectivity index (χ0n) is 15.7. The number of ether oxygens (including phenoxy) is 2. The van der Waals surface area contributed by atoms with Gasteiger partial charge in [-0.2, -0.15) is 0 Å². The number of carbonyl (C=O) groups excluding carboxylic acids is 1. The molecule has 1 aliphatic carbocycles. The smallest absolute Gasteiger partial charge is 0.136 e. The van der Waals surface area contributed by atoms with E-state index >= 15 is 0 Å². The summed E-state index contributed by atoms with van der Waals surface area (Å²) in [5.74, 6) is 1.12. The number of ketones is 1. The van der Waals surface area contributed by atoms with Crippen LogP contribution in [-0.2, 0) is 4.79 Å². The van der Waals surface area contributed by atoms with Gasteiger partial charge in [0.25, 0.3) is 0 Å². The summed E-state index contributed by atoms with van der Waals surface area (Å²) in [6.07, 6.45) is 0.542. The molecule has 1 N–H and O–H groups in total. The third kappa shape index (κ3) is 3.34. The monoisotopic (exact) mass is 354 g/mol. The molecule has 0 heterocycles. The van der Waals surface area contributed by atoms with Crippen LogP contribution < -0.4 is 9.47 Å². The first kappa shape index (κ1) is 18.5. The van der Waals surface area contributed by atoms with E-state index in [2.05, 4.69) is 0 Å². The maximum Gasteiger partial charge on any atom is 0.136 e. The molecule has 0 unspecified atom stereocenters. The van der Waals surface area contributed by atoms with Gasteiger partial charge in [0.2, 0.25) is 0 Å². The zero-order chi connectivity index (χ0) is 18.9. The average Bonchev–Trinajstić information content (AvgIpc) is 2.93. The SMILES string of the molecule is COc1ccc([C@@H]2[C@@H](C(C)=O)[C@@](C)(O)C[C@H]2c2ccc(OC)cc2)cc1. The minimum absolute atomic E-state index is 0.0202. The molecule has 138 valence electrons. The molecule has 0 aromatic heterocycles. The molecule has 0 bridgehead atoms. The molecule has 0 amide bonds. The number of hydrogen-bond donors (Lipinski definition) is 1. The topological polar surface area (TPSA) is 55.8 Å². The van der Waals surface area contributed by atoms with Crippen molar-refractivity contribution < 1.29 is 19.4 Å². The van der Waals surface area contributed by atoms with E-state index in [1.807, 2.05) is 48.5 Å². The van der Waals surface area contributed by atoms with Gasteiger partial charge in [-0.25, -0.2) is 0 Å². The Labute approximate surface area is 154 Å². The van der Waals surface area contributed by atoms with Crippen molar-refractivity contribution in [3.8, 4) is 11.5 Å². The van der Waals surface area contributed by atoms with Crippen LogP contribution in [0.1, 0.15) is 43.2 Å². The van der Waals surface area contributed by atoms with Crippen LogP contribution >= 0.6 is 0 Å². The van der Waals surface area contributed by atoms with Crippen molar-refractivity contribution in [3.05, 3.63) is 59.7 Å². The summed E-state index contributed by atoms with van der Waals surface area (Å²) < 4.78 is 10.5. The second-order valence-corrected chi connectivity index (χ2v) is 7.33. The molecule has 3 rings (SSSR count). The van der Waals surface area contributed by atoms with Crippen molar-refractivity contribution in [3.63, 3.8) is 0 Å². The summed E-state index contributed by atoms with van der Waals surface area (Å²) in [5, 5.41) is 11.0. The predicted molar refractivity (Wildman–Crippen MR) is 101 cm³/mol. The molecule has 4 nitrogen and oxygen atoms in total. The van der Waals surface area contributed by atoms with E-state index in [1.54, 1.807) is 28.1 Å². The molecule has 1 aliphatic rings. The summed E-state index contributed by atoms with van der Waals surface area (Å²) in [6.45, 7) is 3.35. The Morgan fingerprint density at radius 1 is 0.962 bits per heavy atom. The van der Waals surface area contributed by atoms with Crippen LogP contribution in [-0.4, -0.2) is 30.7 Å². The predicted octanol–water partition coefficient (Wildman–Crippen LogP) is 3.93. The van der Waals surface area contributed by atoms with Crippen LogP contribution in [0.2, 0.25) is 0 Å². The van der Waals surface area contributed by atoms with Crippen molar-refractivity contribution >= 4 is 5.78 Å². The van der Waals surface area contributed by atoms with Gasteiger partial charge in [0, 0.05) is 5.92 Å². The Kier molecular flexibility index (Phi) is 5.05. The highest BCUT2D eigenvalue weighted by Gasteiger charge is 2.52. The lowest BCUT2D eigenvalue weighted by Gasteiger charge is -2.28. The largest absolute Gasteiger partial charge is 0.497 e. The van der Waals surface area contributed by atoms with E-state index in [0.29, 0.717) is 6.42 Å². The highest BCUT2D eigenvalue weighted by atomic mass is 16.5. The van der Waals surface area contributed by atoms with Gasteiger partial charge in [-0.3, -0.25) is 4.79 Å². The minimum atomic E-state index is -1.04. The fraction of sp³-hybridized carbons (Fsp3) is 0.409. The molecule has 0 spiro atoms. The standard InChI is InChI=1S/C22H26O4/c1-14(23)21-20(16-7-11-18(26-4)12-8-16)19(13-22(21,2)24)15-5-9-17(25-3)10-6-15/h5-12,19-21,24H,13H2,1-4H3/t19-,20-,21+,22-/m0/s1.